The second kappa shape index (κ2) is 7.08. The van der Waals surface area contributed by atoms with E-state index in [1.807, 2.05) is 13.8 Å². The predicted octanol–water partition coefficient (Wildman–Crippen LogP) is 2.20. The molecular weight excluding hydrogens is 321 g/mol. The number of halogens is 1. The van der Waals surface area contributed by atoms with Gasteiger partial charge in [0.25, 0.3) is 0 Å². The van der Waals surface area contributed by atoms with Crippen molar-refractivity contribution in [2.75, 3.05) is 7.11 Å². The number of hydrogen-bond acceptors (Lipinski definition) is 5. The fourth-order valence-electron chi connectivity index (χ4n) is 2.17. The Morgan fingerprint density at radius 2 is 2.04 bits per heavy atom. The molecule has 1 aromatic carbocycles. The molecule has 6 nitrogen and oxygen atoms in total. The third-order valence-electron chi connectivity index (χ3n) is 3.21. The van der Waals surface area contributed by atoms with Gasteiger partial charge in [-0.25, -0.2) is 22.5 Å². The van der Waals surface area contributed by atoms with E-state index in [4.69, 9.17) is 4.74 Å². The molecule has 0 spiro atoms. The molecule has 0 atom stereocenters. The van der Waals surface area contributed by atoms with Gasteiger partial charge in [0.05, 0.1) is 12.9 Å². The van der Waals surface area contributed by atoms with Crippen LogP contribution in [0.1, 0.15) is 25.2 Å². The predicted molar refractivity (Wildman–Crippen MR) is 84.1 cm³/mol. The van der Waals surface area contributed by atoms with Crippen molar-refractivity contribution in [3.8, 4) is 5.75 Å². The number of aromatic nitrogens is 3. The van der Waals surface area contributed by atoms with Gasteiger partial charge in [-0.2, -0.15) is 5.10 Å². The van der Waals surface area contributed by atoms with Crippen LogP contribution in [0.4, 0.5) is 4.39 Å². The van der Waals surface area contributed by atoms with Crippen molar-refractivity contribution in [3.63, 3.8) is 0 Å². The molecule has 0 radical (unpaired) electrons. The Morgan fingerprint density at radius 1 is 1.30 bits per heavy atom. The van der Waals surface area contributed by atoms with Gasteiger partial charge < -0.3 is 4.74 Å². The van der Waals surface area contributed by atoms with E-state index >= 15 is 0 Å². The lowest BCUT2D eigenvalue weighted by molar-refractivity contribution is 0.413. The molecule has 0 amide bonds. The van der Waals surface area contributed by atoms with Gasteiger partial charge in [0, 0.05) is 12.1 Å². The smallest absolute Gasteiger partial charge is 0.161 e. The van der Waals surface area contributed by atoms with Crippen LogP contribution in [0.25, 0.3) is 0 Å². The van der Waals surface area contributed by atoms with Crippen molar-refractivity contribution in [2.24, 2.45) is 5.92 Å². The van der Waals surface area contributed by atoms with Gasteiger partial charge in [-0.1, -0.05) is 13.8 Å². The summed E-state index contributed by atoms with van der Waals surface area (Å²) in [4.78, 5) is 4.01. The molecule has 0 saturated heterocycles. The second-order valence-electron chi connectivity index (χ2n) is 5.74. The quantitative estimate of drug-likeness (QED) is 0.772. The lowest BCUT2D eigenvalue weighted by Crippen LogP contribution is -2.16. The van der Waals surface area contributed by atoms with Crippen LogP contribution in [-0.2, 0) is 27.9 Å². The summed E-state index contributed by atoms with van der Waals surface area (Å²) in [5, 5.41) is 4.04. The van der Waals surface area contributed by atoms with E-state index in [-0.39, 0.29) is 11.3 Å². The summed E-state index contributed by atoms with van der Waals surface area (Å²) in [6.45, 7) is 4.59. The summed E-state index contributed by atoms with van der Waals surface area (Å²) >= 11 is 0. The maximum absolute atomic E-state index is 13.8. The van der Waals surface area contributed by atoms with Crippen LogP contribution >= 0.6 is 0 Å². The number of nitrogens with zero attached hydrogens (tertiary/aromatic N) is 3. The highest BCUT2D eigenvalue weighted by Gasteiger charge is 2.20. The number of ether oxygens (including phenoxy) is 1. The number of methoxy groups -OCH3 is 1. The average Bonchev–Trinajstić information content (AvgIpc) is 2.86. The van der Waals surface area contributed by atoms with Gasteiger partial charge in [0.2, 0.25) is 0 Å². The van der Waals surface area contributed by atoms with E-state index in [2.05, 4.69) is 10.1 Å². The standard InChI is InChI=1S/C15H20FN3O3S/c1-11(2)7-19-15(17-10-18-19)9-23(20,21)8-12-6-13(22-3)4-5-14(12)16/h4-6,10-11H,7-9H2,1-3H3. The van der Waals surface area contributed by atoms with Crippen LogP contribution in [-0.4, -0.2) is 30.3 Å². The lowest BCUT2D eigenvalue weighted by Gasteiger charge is -2.10. The van der Waals surface area contributed by atoms with Crippen molar-refractivity contribution < 1.29 is 17.5 Å². The molecule has 126 valence electrons. The zero-order valence-electron chi connectivity index (χ0n) is 13.4. The van der Waals surface area contributed by atoms with Gasteiger partial charge in [0.15, 0.2) is 9.84 Å². The molecule has 2 rings (SSSR count). The summed E-state index contributed by atoms with van der Waals surface area (Å²) in [7, 11) is -2.14. The highest BCUT2D eigenvalue weighted by molar-refractivity contribution is 7.89. The van der Waals surface area contributed by atoms with Crippen molar-refractivity contribution in [2.45, 2.75) is 31.9 Å². The average molecular weight is 341 g/mol. The fourth-order valence-corrected chi connectivity index (χ4v) is 3.59. The van der Waals surface area contributed by atoms with Crippen molar-refractivity contribution >= 4 is 9.84 Å². The van der Waals surface area contributed by atoms with Crippen LogP contribution in [0.5, 0.6) is 5.75 Å². The SMILES string of the molecule is COc1ccc(F)c(CS(=O)(=O)Cc2ncnn2CC(C)C)c1. The molecule has 0 fully saturated rings. The Bertz CT molecular complexity index is 772. The van der Waals surface area contributed by atoms with Gasteiger partial charge >= 0.3 is 0 Å². The third-order valence-corrected chi connectivity index (χ3v) is 4.66. The molecule has 1 heterocycles. The molecule has 2 aromatic rings. The second-order valence-corrected chi connectivity index (χ2v) is 7.81. The van der Waals surface area contributed by atoms with E-state index in [0.717, 1.165) is 0 Å². The Labute approximate surface area is 135 Å². The van der Waals surface area contributed by atoms with Crippen molar-refractivity contribution in [1.29, 1.82) is 0 Å². The molecule has 23 heavy (non-hydrogen) atoms. The Balaban J connectivity index is 2.19. The molecule has 0 bridgehead atoms. The molecule has 1 aromatic heterocycles. The number of hydrogen-bond donors (Lipinski definition) is 0. The minimum Gasteiger partial charge on any atom is -0.497 e. The maximum Gasteiger partial charge on any atom is 0.161 e. The molecule has 8 heteroatoms. The normalized spacial score (nSPS) is 11.9. The van der Waals surface area contributed by atoms with E-state index in [1.54, 1.807) is 4.68 Å². The summed E-state index contributed by atoms with van der Waals surface area (Å²) in [6, 6.07) is 4.04. The topological polar surface area (TPSA) is 74.1 Å². The maximum atomic E-state index is 13.8. The molecule has 0 aliphatic heterocycles. The largest absolute Gasteiger partial charge is 0.497 e. The number of rotatable bonds is 7. The first-order valence-electron chi connectivity index (χ1n) is 7.20. The van der Waals surface area contributed by atoms with E-state index in [9.17, 15) is 12.8 Å². The van der Waals surface area contributed by atoms with Crippen LogP contribution in [0, 0.1) is 11.7 Å². The molecular formula is C15H20FN3O3S. The highest BCUT2D eigenvalue weighted by atomic mass is 32.2. The lowest BCUT2D eigenvalue weighted by atomic mass is 10.2. The zero-order valence-corrected chi connectivity index (χ0v) is 14.2. The summed E-state index contributed by atoms with van der Waals surface area (Å²) < 4.78 is 45.1. The summed E-state index contributed by atoms with van der Waals surface area (Å²) in [5.41, 5.74) is 0.0827. The van der Waals surface area contributed by atoms with E-state index < -0.39 is 21.4 Å². The van der Waals surface area contributed by atoms with Crippen molar-refractivity contribution in [3.05, 3.63) is 41.7 Å². The van der Waals surface area contributed by atoms with Crippen LogP contribution in [0.3, 0.4) is 0 Å². The number of benzene rings is 1. The fraction of sp³-hybridized carbons (Fsp3) is 0.467. The minimum absolute atomic E-state index is 0.0827. The third kappa shape index (κ3) is 4.75. The Morgan fingerprint density at radius 3 is 2.70 bits per heavy atom. The number of sulfone groups is 1. The Kier molecular flexibility index (Phi) is 5.35. The summed E-state index contributed by atoms with van der Waals surface area (Å²) in [6.07, 6.45) is 1.33. The highest BCUT2D eigenvalue weighted by Crippen LogP contribution is 2.20. The van der Waals surface area contributed by atoms with Crippen LogP contribution in [0.15, 0.2) is 24.5 Å². The molecule has 0 unspecified atom stereocenters. The van der Waals surface area contributed by atoms with Crippen LogP contribution in [0.2, 0.25) is 0 Å². The molecule has 0 aliphatic rings. The van der Waals surface area contributed by atoms with E-state index in [1.165, 1.54) is 31.6 Å². The minimum atomic E-state index is -3.58. The van der Waals surface area contributed by atoms with Gasteiger partial charge in [-0.15, -0.1) is 0 Å². The van der Waals surface area contributed by atoms with Gasteiger partial charge in [-0.3, -0.25) is 0 Å². The van der Waals surface area contributed by atoms with Gasteiger partial charge in [0.1, 0.15) is 29.5 Å². The first-order chi connectivity index (χ1) is 10.8. The first kappa shape index (κ1) is 17.4. The summed E-state index contributed by atoms with van der Waals surface area (Å²) in [5.74, 6) is -0.172. The van der Waals surface area contributed by atoms with Gasteiger partial charge in [-0.05, 0) is 24.1 Å². The Hall–Kier alpha value is -1.96. The molecule has 0 N–H and O–H groups in total. The first-order valence-corrected chi connectivity index (χ1v) is 9.02. The monoisotopic (exact) mass is 341 g/mol. The van der Waals surface area contributed by atoms with E-state index in [0.29, 0.717) is 24.0 Å². The van der Waals surface area contributed by atoms with Crippen molar-refractivity contribution in [1.82, 2.24) is 14.8 Å². The molecule has 0 aliphatic carbocycles. The zero-order chi connectivity index (χ0) is 17.0. The molecule has 0 saturated carbocycles. The van der Waals surface area contributed by atoms with Crippen LogP contribution < -0.4 is 4.74 Å².